The third-order valence-corrected chi connectivity index (χ3v) is 3.94. The molecule has 8 nitrogen and oxygen atoms in total. The largest absolute Gasteiger partial charge is 0.396 e. The Morgan fingerprint density at radius 3 is 2.38 bits per heavy atom. The molecule has 8 heteroatoms. The van der Waals surface area contributed by atoms with Gasteiger partial charge in [-0.3, -0.25) is 0 Å². The highest BCUT2D eigenvalue weighted by Gasteiger charge is 2.51. The molecule has 6 N–H and O–H groups in total. The molecule has 126 valence electrons. The molecule has 1 aliphatic heterocycles. The van der Waals surface area contributed by atoms with Crippen LogP contribution in [0.4, 0.5) is 0 Å². The molecule has 0 spiro atoms. The Balaban J connectivity index is 2.78. The van der Waals surface area contributed by atoms with Crippen molar-refractivity contribution in [1.82, 2.24) is 0 Å². The first-order valence-electron chi connectivity index (χ1n) is 6.98. The smallest absolute Gasteiger partial charge is 0.221 e. The zero-order valence-corrected chi connectivity index (χ0v) is 12.3. The van der Waals surface area contributed by atoms with Crippen LogP contribution in [0.3, 0.4) is 0 Å². The highest BCUT2D eigenvalue weighted by atomic mass is 16.7. The molecule has 0 aromatic carbocycles. The third kappa shape index (κ3) is 4.11. The molecule has 0 aliphatic carbocycles. The maximum atomic E-state index is 10.1. The van der Waals surface area contributed by atoms with Crippen molar-refractivity contribution in [2.24, 2.45) is 5.92 Å². The number of aliphatic hydroxyl groups excluding tert-OH is 6. The van der Waals surface area contributed by atoms with Gasteiger partial charge in [-0.1, -0.05) is 6.92 Å². The lowest BCUT2D eigenvalue weighted by Gasteiger charge is -2.46. The summed E-state index contributed by atoms with van der Waals surface area (Å²) in [6, 6.07) is 0. The van der Waals surface area contributed by atoms with Gasteiger partial charge in [0.15, 0.2) is 0 Å². The van der Waals surface area contributed by atoms with Crippen molar-refractivity contribution in [3.8, 4) is 0 Å². The van der Waals surface area contributed by atoms with Crippen LogP contribution in [0.2, 0.25) is 0 Å². The monoisotopic (exact) mass is 310 g/mol. The summed E-state index contributed by atoms with van der Waals surface area (Å²) < 4.78 is 10.4. The van der Waals surface area contributed by atoms with Crippen LogP contribution in [0.5, 0.6) is 0 Å². The maximum Gasteiger partial charge on any atom is 0.221 e. The van der Waals surface area contributed by atoms with Gasteiger partial charge in [0.25, 0.3) is 0 Å². The molecule has 1 aliphatic rings. The fraction of sp³-hybridized carbons (Fsp3) is 1.00. The topological polar surface area (TPSA) is 140 Å². The van der Waals surface area contributed by atoms with Crippen molar-refractivity contribution in [2.45, 2.75) is 56.1 Å². The summed E-state index contributed by atoms with van der Waals surface area (Å²) in [6.07, 6.45) is -6.24. The van der Waals surface area contributed by atoms with Crippen molar-refractivity contribution in [3.05, 3.63) is 0 Å². The Morgan fingerprint density at radius 2 is 1.90 bits per heavy atom. The highest BCUT2D eigenvalue weighted by molar-refractivity contribution is 4.94. The molecule has 0 radical (unpaired) electrons. The summed E-state index contributed by atoms with van der Waals surface area (Å²) in [5.74, 6) is -2.05. The van der Waals surface area contributed by atoms with Gasteiger partial charge in [-0.15, -0.1) is 0 Å². The number of rotatable bonds is 7. The lowest BCUT2D eigenvalue weighted by atomic mass is 9.89. The maximum absolute atomic E-state index is 10.1. The molecule has 0 saturated carbocycles. The molecular formula is C13H26O8. The highest BCUT2D eigenvalue weighted by Crippen LogP contribution is 2.32. The normalized spacial score (nSPS) is 38.0. The van der Waals surface area contributed by atoms with E-state index >= 15 is 0 Å². The van der Waals surface area contributed by atoms with E-state index in [4.69, 9.17) is 14.6 Å². The van der Waals surface area contributed by atoms with E-state index in [9.17, 15) is 25.5 Å². The first kappa shape index (κ1) is 18.7. The van der Waals surface area contributed by atoms with E-state index in [1.54, 1.807) is 6.92 Å². The Kier molecular flexibility index (Phi) is 6.95. The second kappa shape index (κ2) is 7.80. The fourth-order valence-electron chi connectivity index (χ4n) is 2.48. The Labute approximate surface area is 123 Å². The molecule has 0 aromatic rings. The van der Waals surface area contributed by atoms with Gasteiger partial charge in [0.1, 0.15) is 18.8 Å². The zero-order valence-electron chi connectivity index (χ0n) is 12.3. The SMILES string of the molecule is CO[C@]1(CO)O[C@@H]([C@H](O)[C@H](O)C[C@H](C)CO)C[C@@H](O)[C@H]1O. The third-order valence-electron chi connectivity index (χ3n) is 3.94. The molecular weight excluding hydrogens is 284 g/mol. The van der Waals surface area contributed by atoms with Crippen molar-refractivity contribution in [2.75, 3.05) is 20.3 Å². The van der Waals surface area contributed by atoms with Gasteiger partial charge in [-0.25, -0.2) is 0 Å². The van der Waals surface area contributed by atoms with Crippen LogP contribution in [0, 0.1) is 5.92 Å². The van der Waals surface area contributed by atoms with Crippen LogP contribution < -0.4 is 0 Å². The number of ether oxygens (including phenoxy) is 2. The molecule has 1 saturated heterocycles. The number of hydrogen-bond donors (Lipinski definition) is 6. The first-order chi connectivity index (χ1) is 9.81. The van der Waals surface area contributed by atoms with E-state index in [-0.39, 0.29) is 25.4 Å². The summed E-state index contributed by atoms with van der Waals surface area (Å²) in [6.45, 7) is 0.868. The van der Waals surface area contributed by atoms with E-state index in [0.717, 1.165) is 0 Å². The molecule has 0 unspecified atom stereocenters. The van der Waals surface area contributed by atoms with E-state index in [1.807, 2.05) is 0 Å². The van der Waals surface area contributed by atoms with Crippen LogP contribution in [-0.2, 0) is 9.47 Å². The van der Waals surface area contributed by atoms with Crippen molar-refractivity contribution in [3.63, 3.8) is 0 Å². The lowest BCUT2D eigenvalue weighted by Crippen LogP contribution is -2.63. The van der Waals surface area contributed by atoms with Crippen molar-refractivity contribution >= 4 is 0 Å². The molecule has 1 heterocycles. The Bertz CT molecular complexity index is 309. The molecule has 0 amide bonds. The number of aliphatic hydroxyl groups is 6. The van der Waals surface area contributed by atoms with Gasteiger partial charge in [0, 0.05) is 20.1 Å². The summed E-state index contributed by atoms with van der Waals surface area (Å²) in [4.78, 5) is 0. The standard InChI is InChI=1S/C13H26O8/c1-7(5-14)3-8(16)11(18)10-4-9(17)12(19)13(6-15,20-2)21-10/h7-12,14-19H,3-6H2,1-2H3/t7-,8+,9+,10+,11+,12+,13+/m0/s1. The summed E-state index contributed by atoms with van der Waals surface area (Å²) in [7, 11) is 1.20. The van der Waals surface area contributed by atoms with Gasteiger partial charge in [-0.05, 0) is 12.3 Å². The summed E-state index contributed by atoms with van der Waals surface area (Å²) in [5, 5.41) is 58.1. The Hall–Kier alpha value is -0.320. The van der Waals surface area contributed by atoms with Gasteiger partial charge in [0.05, 0.1) is 18.3 Å². The summed E-state index contributed by atoms with van der Waals surface area (Å²) in [5.41, 5.74) is 0. The van der Waals surface area contributed by atoms with E-state index < -0.39 is 42.9 Å². The molecule has 1 fully saturated rings. The predicted octanol–water partition coefficient (Wildman–Crippen LogP) is -2.43. The van der Waals surface area contributed by atoms with Crippen molar-refractivity contribution < 1.29 is 40.1 Å². The second-order valence-electron chi connectivity index (χ2n) is 5.66. The lowest BCUT2D eigenvalue weighted by molar-refractivity contribution is -0.354. The van der Waals surface area contributed by atoms with E-state index in [1.165, 1.54) is 7.11 Å². The minimum atomic E-state index is -1.84. The Morgan fingerprint density at radius 1 is 1.29 bits per heavy atom. The van der Waals surface area contributed by atoms with Crippen LogP contribution in [0.25, 0.3) is 0 Å². The van der Waals surface area contributed by atoms with Crippen LogP contribution in [0.1, 0.15) is 19.8 Å². The van der Waals surface area contributed by atoms with Gasteiger partial charge in [-0.2, -0.15) is 0 Å². The molecule has 1 rings (SSSR count). The zero-order chi connectivity index (χ0) is 16.2. The van der Waals surface area contributed by atoms with Crippen LogP contribution in [-0.4, -0.2) is 87.3 Å². The molecule has 7 atom stereocenters. The molecule has 0 bridgehead atoms. The first-order valence-corrected chi connectivity index (χ1v) is 6.98. The average Bonchev–Trinajstić information content (AvgIpc) is 2.49. The summed E-state index contributed by atoms with van der Waals surface area (Å²) >= 11 is 0. The predicted molar refractivity (Wildman–Crippen MR) is 71.2 cm³/mol. The van der Waals surface area contributed by atoms with Gasteiger partial charge in [0.2, 0.25) is 5.79 Å². The van der Waals surface area contributed by atoms with Gasteiger partial charge >= 0.3 is 0 Å². The van der Waals surface area contributed by atoms with Crippen LogP contribution >= 0.6 is 0 Å². The number of hydrogen-bond acceptors (Lipinski definition) is 8. The molecule has 0 aromatic heterocycles. The number of methoxy groups -OCH3 is 1. The quantitative estimate of drug-likeness (QED) is 0.305. The minimum absolute atomic E-state index is 0.113. The van der Waals surface area contributed by atoms with E-state index in [2.05, 4.69) is 0 Å². The van der Waals surface area contributed by atoms with Crippen molar-refractivity contribution in [1.29, 1.82) is 0 Å². The molecule has 21 heavy (non-hydrogen) atoms. The fourth-order valence-corrected chi connectivity index (χ4v) is 2.48. The average molecular weight is 310 g/mol. The minimum Gasteiger partial charge on any atom is -0.396 e. The van der Waals surface area contributed by atoms with Crippen LogP contribution in [0.15, 0.2) is 0 Å². The van der Waals surface area contributed by atoms with Gasteiger partial charge < -0.3 is 40.1 Å². The van der Waals surface area contributed by atoms with E-state index in [0.29, 0.717) is 0 Å². The second-order valence-corrected chi connectivity index (χ2v) is 5.66.